The highest BCUT2D eigenvalue weighted by Crippen LogP contribution is 2.34. The minimum atomic E-state index is 0.0987. The summed E-state index contributed by atoms with van der Waals surface area (Å²) in [5, 5.41) is 1.64. The van der Waals surface area contributed by atoms with Crippen molar-refractivity contribution in [1.82, 2.24) is 9.55 Å². The number of aromatic nitrogens is 2. The Hall–Kier alpha value is -1.79. The molecule has 4 nitrogen and oxygen atoms in total. The third-order valence-electron chi connectivity index (χ3n) is 4.68. The number of fused-ring (bicyclic) bond motifs is 3. The highest BCUT2D eigenvalue weighted by atomic mass is 32.2. The zero-order chi connectivity index (χ0) is 17.4. The Morgan fingerprint density at radius 2 is 2.00 bits per heavy atom. The second kappa shape index (κ2) is 6.84. The van der Waals surface area contributed by atoms with Crippen molar-refractivity contribution in [2.45, 2.75) is 36.6 Å². The average Bonchev–Trinajstić information content (AvgIpc) is 3.02. The number of thioether (sulfide) groups is 1. The van der Waals surface area contributed by atoms with E-state index in [9.17, 15) is 4.79 Å². The van der Waals surface area contributed by atoms with Crippen molar-refractivity contribution in [2.24, 2.45) is 7.05 Å². The van der Waals surface area contributed by atoms with Gasteiger partial charge in [-0.25, -0.2) is 4.98 Å². The molecule has 0 fully saturated rings. The minimum absolute atomic E-state index is 0.0987. The number of methoxy groups -OCH3 is 1. The first-order valence-electron chi connectivity index (χ1n) is 8.44. The smallest absolute Gasteiger partial charge is 0.262 e. The van der Waals surface area contributed by atoms with Crippen LogP contribution in [0.4, 0.5) is 0 Å². The number of aryl methyl sites for hydroxylation is 2. The largest absolute Gasteiger partial charge is 0.497 e. The number of ether oxygens (including phenoxy) is 1. The van der Waals surface area contributed by atoms with Gasteiger partial charge in [0.05, 0.1) is 12.5 Å². The Bertz CT molecular complexity index is 974. The second-order valence-electron chi connectivity index (χ2n) is 6.29. The van der Waals surface area contributed by atoms with Crippen LogP contribution >= 0.6 is 23.1 Å². The Morgan fingerprint density at radius 3 is 2.76 bits per heavy atom. The molecule has 1 aromatic carbocycles. The number of hydrogen-bond donors (Lipinski definition) is 0. The summed E-state index contributed by atoms with van der Waals surface area (Å²) >= 11 is 3.32. The van der Waals surface area contributed by atoms with Crippen molar-refractivity contribution in [2.75, 3.05) is 7.11 Å². The van der Waals surface area contributed by atoms with Crippen molar-refractivity contribution < 1.29 is 4.74 Å². The number of hydrogen-bond acceptors (Lipinski definition) is 5. The van der Waals surface area contributed by atoms with E-state index < -0.39 is 0 Å². The van der Waals surface area contributed by atoms with Crippen LogP contribution in [0.15, 0.2) is 34.2 Å². The van der Waals surface area contributed by atoms with Crippen LogP contribution in [-0.4, -0.2) is 16.7 Å². The fourth-order valence-corrected chi connectivity index (χ4v) is 5.50. The van der Waals surface area contributed by atoms with Crippen molar-refractivity contribution in [3.8, 4) is 5.75 Å². The topological polar surface area (TPSA) is 44.1 Å². The second-order valence-corrected chi connectivity index (χ2v) is 8.31. The Balaban J connectivity index is 1.65. The van der Waals surface area contributed by atoms with Crippen LogP contribution in [-0.2, 0) is 25.6 Å². The third kappa shape index (κ3) is 3.09. The van der Waals surface area contributed by atoms with Crippen LogP contribution in [0.25, 0.3) is 10.2 Å². The first-order chi connectivity index (χ1) is 12.2. The first kappa shape index (κ1) is 16.7. The first-order valence-corrected chi connectivity index (χ1v) is 10.2. The van der Waals surface area contributed by atoms with Crippen LogP contribution in [0.3, 0.4) is 0 Å². The normalized spacial score (nSPS) is 13.8. The molecule has 0 spiro atoms. The molecule has 0 amide bonds. The molecule has 1 aliphatic rings. The summed E-state index contributed by atoms with van der Waals surface area (Å²) in [5.74, 6) is 1.63. The van der Waals surface area contributed by atoms with Crippen LogP contribution < -0.4 is 10.3 Å². The number of benzene rings is 1. The maximum atomic E-state index is 12.9. The summed E-state index contributed by atoms with van der Waals surface area (Å²) in [5.41, 5.74) is 2.54. The molecule has 130 valence electrons. The lowest BCUT2D eigenvalue weighted by Crippen LogP contribution is -2.20. The van der Waals surface area contributed by atoms with Crippen LogP contribution in [0.1, 0.15) is 28.8 Å². The van der Waals surface area contributed by atoms with Gasteiger partial charge in [0, 0.05) is 17.7 Å². The van der Waals surface area contributed by atoms with Gasteiger partial charge in [-0.15, -0.1) is 11.3 Å². The SMILES string of the molecule is COc1ccc(CSc2nc3sc4c(c3c(=O)n2C)CCCC4)cc1. The van der Waals surface area contributed by atoms with Gasteiger partial charge in [0.15, 0.2) is 5.16 Å². The summed E-state index contributed by atoms with van der Waals surface area (Å²) in [6, 6.07) is 8.01. The molecule has 2 aromatic heterocycles. The summed E-state index contributed by atoms with van der Waals surface area (Å²) in [6.45, 7) is 0. The number of nitrogens with zero attached hydrogens (tertiary/aromatic N) is 2. The van der Waals surface area contributed by atoms with Crippen molar-refractivity contribution in [3.63, 3.8) is 0 Å². The molecule has 0 saturated heterocycles. The fraction of sp³-hybridized carbons (Fsp3) is 0.368. The fourth-order valence-electron chi connectivity index (χ4n) is 3.27. The highest BCUT2D eigenvalue weighted by Gasteiger charge is 2.21. The van der Waals surface area contributed by atoms with Crippen molar-refractivity contribution >= 4 is 33.3 Å². The van der Waals surface area contributed by atoms with Gasteiger partial charge in [-0.3, -0.25) is 9.36 Å². The van der Waals surface area contributed by atoms with E-state index in [1.807, 2.05) is 31.3 Å². The molecule has 0 unspecified atom stereocenters. The van der Waals surface area contributed by atoms with E-state index in [0.29, 0.717) is 0 Å². The molecule has 0 bridgehead atoms. The summed E-state index contributed by atoms with van der Waals surface area (Å²) in [6.07, 6.45) is 4.51. The number of rotatable bonds is 4. The van der Waals surface area contributed by atoms with Gasteiger partial charge in [-0.05, 0) is 48.9 Å². The average molecular weight is 373 g/mol. The van der Waals surface area contributed by atoms with Crippen LogP contribution in [0, 0.1) is 0 Å². The molecule has 0 N–H and O–H groups in total. The van der Waals surface area contributed by atoms with Gasteiger partial charge in [0.25, 0.3) is 5.56 Å². The van der Waals surface area contributed by atoms with Crippen LogP contribution in [0.2, 0.25) is 0 Å². The molecule has 1 aliphatic carbocycles. The summed E-state index contributed by atoms with van der Waals surface area (Å²) < 4.78 is 6.90. The lowest BCUT2D eigenvalue weighted by Gasteiger charge is -2.11. The predicted octanol–water partition coefficient (Wildman–Crippen LogP) is 4.17. The Kier molecular flexibility index (Phi) is 4.56. The van der Waals surface area contributed by atoms with E-state index in [1.165, 1.54) is 28.8 Å². The maximum absolute atomic E-state index is 12.9. The van der Waals surface area contributed by atoms with Gasteiger partial charge in [-0.2, -0.15) is 0 Å². The van der Waals surface area contributed by atoms with Gasteiger partial charge < -0.3 is 4.74 Å². The minimum Gasteiger partial charge on any atom is -0.497 e. The molecule has 2 heterocycles. The molecule has 6 heteroatoms. The van der Waals surface area contributed by atoms with Crippen molar-refractivity contribution in [3.05, 3.63) is 50.6 Å². The maximum Gasteiger partial charge on any atom is 0.262 e. The molecular formula is C19H20N2O2S2. The van der Waals surface area contributed by atoms with Crippen LogP contribution in [0.5, 0.6) is 5.75 Å². The Morgan fingerprint density at radius 1 is 1.24 bits per heavy atom. The third-order valence-corrected chi connectivity index (χ3v) is 6.97. The van der Waals surface area contributed by atoms with E-state index in [-0.39, 0.29) is 5.56 Å². The van der Waals surface area contributed by atoms with E-state index >= 15 is 0 Å². The predicted molar refractivity (Wildman–Crippen MR) is 104 cm³/mol. The monoisotopic (exact) mass is 372 g/mol. The zero-order valence-electron chi connectivity index (χ0n) is 14.4. The molecule has 25 heavy (non-hydrogen) atoms. The molecule has 0 atom stereocenters. The lowest BCUT2D eigenvalue weighted by atomic mass is 9.97. The zero-order valence-corrected chi connectivity index (χ0v) is 16.0. The summed E-state index contributed by atoms with van der Waals surface area (Å²) in [7, 11) is 3.50. The molecule has 4 rings (SSSR count). The van der Waals surface area contributed by atoms with E-state index in [4.69, 9.17) is 9.72 Å². The summed E-state index contributed by atoms with van der Waals surface area (Å²) in [4.78, 5) is 20.0. The number of thiophene rings is 1. The highest BCUT2D eigenvalue weighted by molar-refractivity contribution is 7.98. The van der Waals surface area contributed by atoms with Gasteiger partial charge in [0.2, 0.25) is 0 Å². The van der Waals surface area contributed by atoms with E-state index in [0.717, 1.165) is 39.7 Å². The van der Waals surface area contributed by atoms with Crippen molar-refractivity contribution in [1.29, 1.82) is 0 Å². The lowest BCUT2D eigenvalue weighted by molar-refractivity contribution is 0.414. The molecule has 0 radical (unpaired) electrons. The van der Waals surface area contributed by atoms with E-state index in [1.54, 1.807) is 34.8 Å². The van der Waals surface area contributed by atoms with E-state index in [2.05, 4.69) is 0 Å². The molecular weight excluding hydrogens is 352 g/mol. The molecule has 0 aliphatic heterocycles. The molecule has 0 saturated carbocycles. The quantitative estimate of drug-likeness (QED) is 0.509. The Labute approximate surface area is 154 Å². The van der Waals surface area contributed by atoms with Gasteiger partial charge in [0.1, 0.15) is 10.6 Å². The standard InChI is InChI=1S/C19H20N2O2S2/c1-21-18(22)16-14-5-3-4-6-15(14)25-17(16)20-19(21)24-11-12-7-9-13(23-2)10-8-12/h7-10H,3-6,11H2,1-2H3. The van der Waals surface area contributed by atoms with Gasteiger partial charge >= 0.3 is 0 Å². The molecule has 3 aromatic rings. The van der Waals surface area contributed by atoms with Gasteiger partial charge in [-0.1, -0.05) is 23.9 Å².